The number of para-hydroxylation sites is 1. The van der Waals surface area contributed by atoms with Gasteiger partial charge >= 0.3 is 0 Å². The maximum absolute atomic E-state index is 12.5. The van der Waals surface area contributed by atoms with E-state index in [9.17, 15) is 9.59 Å². The lowest BCUT2D eigenvalue weighted by molar-refractivity contribution is -0.121. The van der Waals surface area contributed by atoms with Crippen molar-refractivity contribution in [3.8, 4) is 0 Å². The van der Waals surface area contributed by atoms with Crippen molar-refractivity contribution in [2.24, 2.45) is 11.8 Å². The summed E-state index contributed by atoms with van der Waals surface area (Å²) in [5.74, 6) is 0.232. The summed E-state index contributed by atoms with van der Waals surface area (Å²) in [5, 5.41) is 5.84. The maximum Gasteiger partial charge on any atom is 0.253 e. The molecule has 5 nitrogen and oxygen atoms in total. The SMILES string of the molecule is CC(C)CNC(=O)c1ccccc1NC(=O)C1CCCN(C)C1. The van der Waals surface area contributed by atoms with Crippen LogP contribution in [-0.2, 0) is 4.79 Å². The zero-order valence-corrected chi connectivity index (χ0v) is 14.3. The second-order valence-corrected chi connectivity index (χ2v) is 6.74. The van der Waals surface area contributed by atoms with Crippen LogP contribution in [0.25, 0.3) is 0 Å². The third kappa shape index (κ3) is 5.06. The van der Waals surface area contributed by atoms with Gasteiger partial charge in [0.2, 0.25) is 5.91 Å². The van der Waals surface area contributed by atoms with Crippen LogP contribution in [0.1, 0.15) is 37.0 Å². The van der Waals surface area contributed by atoms with Gasteiger partial charge in [-0.2, -0.15) is 0 Å². The number of carbonyl (C=O) groups excluding carboxylic acids is 2. The van der Waals surface area contributed by atoms with Crippen LogP contribution in [0.5, 0.6) is 0 Å². The van der Waals surface area contributed by atoms with Crippen molar-refractivity contribution in [3.63, 3.8) is 0 Å². The number of carbonyl (C=O) groups is 2. The van der Waals surface area contributed by atoms with Gasteiger partial charge in [0.25, 0.3) is 5.91 Å². The molecule has 0 bridgehead atoms. The largest absolute Gasteiger partial charge is 0.352 e. The summed E-state index contributed by atoms with van der Waals surface area (Å²) in [6.07, 6.45) is 1.93. The Morgan fingerprint density at radius 3 is 2.74 bits per heavy atom. The van der Waals surface area contributed by atoms with E-state index in [2.05, 4.69) is 15.5 Å². The van der Waals surface area contributed by atoms with Gasteiger partial charge in [0.1, 0.15) is 0 Å². The van der Waals surface area contributed by atoms with Gasteiger partial charge in [0.05, 0.1) is 17.2 Å². The van der Waals surface area contributed by atoms with Crippen LogP contribution in [0.2, 0.25) is 0 Å². The number of benzene rings is 1. The zero-order chi connectivity index (χ0) is 16.8. The molecule has 0 saturated carbocycles. The average molecular weight is 317 g/mol. The van der Waals surface area contributed by atoms with Crippen molar-refractivity contribution in [2.75, 3.05) is 32.0 Å². The minimum atomic E-state index is -0.143. The van der Waals surface area contributed by atoms with Crippen molar-refractivity contribution < 1.29 is 9.59 Å². The Kier molecular flexibility index (Phi) is 6.16. The number of amides is 2. The Bertz CT molecular complexity index is 557. The zero-order valence-electron chi connectivity index (χ0n) is 14.3. The Morgan fingerprint density at radius 1 is 1.30 bits per heavy atom. The summed E-state index contributed by atoms with van der Waals surface area (Å²) < 4.78 is 0. The molecule has 1 aliphatic rings. The predicted octanol–water partition coefficient (Wildman–Crippen LogP) is 2.35. The van der Waals surface area contributed by atoms with Crippen molar-refractivity contribution in [1.29, 1.82) is 0 Å². The smallest absolute Gasteiger partial charge is 0.253 e. The highest BCUT2D eigenvalue weighted by molar-refractivity contribution is 6.04. The van der Waals surface area contributed by atoms with E-state index in [1.165, 1.54) is 0 Å². The number of nitrogens with zero attached hydrogens (tertiary/aromatic N) is 1. The highest BCUT2D eigenvalue weighted by atomic mass is 16.2. The van der Waals surface area contributed by atoms with Gasteiger partial charge in [-0.15, -0.1) is 0 Å². The van der Waals surface area contributed by atoms with Crippen LogP contribution in [0.3, 0.4) is 0 Å². The van der Waals surface area contributed by atoms with Crippen LogP contribution >= 0.6 is 0 Å². The summed E-state index contributed by atoms with van der Waals surface area (Å²) in [5.41, 5.74) is 1.11. The van der Waals surface area contributed by atoms with Crippen molar-refractivity contribution in [2.45, 2.75) is 26.7 Å². The third-order valence-corrected chi connectivity index (χ3v) is 4.10. The second kappa shape index (κ2) is 8.11. The number of likely N-dealkylation sites (tertiary alicyclic amines) is 1. The fourth-order valence-electron chi connectivity index (χ4n) is 2.80. The molecule has 0 radical (unpaired) electrons. The van der Waals surface area contributed by atoms with Crippen LogP contribution in [-0.4, -0.2) is 43.4 Å². The molecular weight excluding hydrogens is 290 g/mol. The Hall–Kier alpha value is -1.88. The van der Waals surface area contributed by atoms with Crippen LogP contribution in [0.15, 0.2) is 24.3 Å². The molecule has 2 rings (SSSR count). The lowest BCUT2D eigenvalue weighted by Crippen LogP contribution is -2.38. The molecule has 1 unspecified atom stereocenters. The van der Waals surface area contributed by atoms with E-state index >= 15 is 0 Å². The molecule has 1 aliphatic heterocycles. The van der Waals surface area contributed by atoms with E-state index in [-0.39, 0.29) is 17.7 Å². The van der Waals surface area contributed by atoms with E-state index in [0.717, 1.165) is 25.9 Å². The number of anilines is 1. The molecule has 1 saturated heterocycles. The van der Waals surface area contributed by atoms with E-state index in [1.807, 2.05) is 33.0 Å². The molecule has 23 heavy (non-hydrogen) atoms. The fraction of sp³-hybridized carbons (Fsp3) is 0.556. The molecular formula is C18H27N3O2. The molecule has 1 aromatic carbocycles. The quantitative estimate of drug-likeness (QED) is 0.876. The Morgan fingerprint density at radius 2 is 2.04 bits per heavy atom. The maximum atomic E-state index is 12.5. The molecule has 2 amide bonds. The number of hydrogen-bond donors (Lipinski definition) is 2. The summed E-state index contributed by atoms with van der Waals surface area (Å²) >= 11 is 0. The average Bonchev–Trinajstić information content (AvgIpc) is 2.53. The van der Waals surface area contributed by atoms with Gasteiger partial charge in [-0.3, -0.25) is 9.59 Å². The Balaban J connectivity index is 2.04. The van der Waals surface area contributed by atoms with Gasteiger partial charge in [-0.05, 0) is 44.5 Å². The van der Waals surface area contributed by atoms with Crippen LogP contribution in [0, 0.1) is 11.8 Å². The van der Waals surface area contributed by atoms with Gasteiger partial charge in [0, 0.05) is 13.1 Å². The molecule has 0 aliphatic carbocycles. The minimum absolute atomic E-state index is 0.000611. The fourth-order valence-corrected chi connectivity index (χ4v) is 2.80. The third-order valence-electron chi connectivity index (χ3n) is 4.10. The molecule has 1 fully saturated rings. The molecule has 0 spiro atoms. The summed E-state index contributed by atoms with van der Waals surface area (Å²) in [6, 6.07) is 7.18. The molecule has 1 atom stereocenters. The van der Waals surface area contributed by atoms with E-state index in [1.54, 1.807) is 12.1 Å². The highest BCUT2D eigenvalue weighted by Gasteiger charge is 2.25. The monoisotopic (exact) mass is 317 g/mol. The topological polar surface area (TPSA) is 61.4 Å². The van der Waals surface area contributed by atoms with Gasteiger partial charge < -0.3 is 15.5 Å². The summed E-state index contributed by atoms with van der Waals surface area (Å²) in [7, 11) is 2.03. The highest BCUT2D eigenvalue weighted by Crippen LogP contribution is 2.20. The number of nitrogens with one attached hydrogen (secondary N) is 2. The molecule has 1 heterocycles. The van der Waals surface area contributed by atoms with Gasteiger partial charge in [0.15, 0.2) is 0 Å². The second-order valence-electron chi connectivity index (χ2n) is 6.74. The number of hydrogen-bond acceptors (Lipinski definition) is 3. The number of rotatable bonds is 5. The molecule has 1 aromatic rings. The first kappa shape index (κ1) is 17.5. The molecule has 2 N–H and O–H groups in total. The standard InChI is InChI=1S/C18H27N3O2/c1-13(2)11-19-18(23)15-8-4-5-9-16(15)20-17(22)14-7-6-10-21(3)12-14/h4-5,8-9,13-14H,6-7,10-12H2,1-3H3,(H,19,23)(H,20,22). The molecule has 126 valence electrons. The first-order valence-electron chi connectivity index (χ1n) is 8.34. The lowest BCUT2D eigenvalue weighted by atomic mass is 9.97. The first-order chi connectivity index (χ1) is 11.0. The van der Waals surface area contributed by atoms with Crippen molar-refractivity contribution in [1.82, 2.24) is 10.2 Å². The number of piperidine rings is 1. The molecule has 5 heteroatoms. The normalized spacial score (nSPS) is 18.7. The summed E-state index contributed by atoms with van der Waals surface area (Å²) in [4.78, 5) is 27.0. The predicted molar refractivity (Wildman–Crippen MR) is 92.5 cm³/mol. The molecule has 0 aromatic heterocycles. The minimum Gasteiger partial charge on any atom is -0.352 e. The first-order valence-corrected chi connectivity index (χ1v) is 8.34. The van der Waals surface area contributed by atoms with Crippen LogP contribution < -0.4 is 10.6 Å². The van der Waals surface area contributed by atoms with Gasteiger partial charge in [-0.1, -0.05) is 26.0 Å². The van der Waals surface area contributed by atoms with Crippen molar-refractivity contribution in [3.05, 3.63) is 29.8 Å². The van der Waals surface area contributed by atoms with Crippen LogP contribution in [0.4, 0.5) is 5.69 Å². The van der Waals surface area contributed by atoms with E-state index in [0.29, 0.717) is 23.7 Å². The lowest BCUT2D eigenvalue weighted by Gasteiger charge is -2.28. The Labute approximate surface area is 138 Å². The van der Waals surface area contributed by atoms with E-state index in [4.69, 9.17) is 0 Å². The van der Waals surface area contributed by atoms with E-state index < -0.39 is 0 Å². The van der Waals surface area contributed by atoms with Crippen molar-refractivity contribution >= 4 is 17.5 Å². The summed E-state index contributed by atoms with van der Waals surface area (Å²) in [6.45, 7) is 6.53. The van der Waals surface area contributed by atoms with Gasteiger partial charge in [-0.25, -0.2) is 0 Å².